The van der Waals surface area contributed by atoms with Crippen LogP contribution in [0.2, 0.25) is 0 Å². The molecule has 0 amide bonds. The number of methoxy groups -OCH3 is 1. The van der Waals surface area contributed by atoms with Gasteiger partial charge in [-0.2, -0.15) is 13.1 Å². The summed E-state index contributed by atoms with van der Waals surface area (Å²) in [5.41, 5.74) is 0.656. The lowest BCUT2D eigenvalue weighted by Crippen LogP contribution is -2.52. The van der Waals surface area contributed by atoms with E-state index in [1.54, 1.807) is 70.2 Å². The SMILES string of the molecule is COc1ccc2c(c1)[C@](c1ccccc1)(P(=O)(OC(C)C)OC(C)C)NS(=O)(=O)O2. The normalized spacial score (nSPS) is 20.6. The topological polar surface area (TPSA) is 100 Å². The van der Waals surface area contributed by atoms with Crippen molar-refractivity contribution in [2.75, 3.05) is 7.11 Å². The van der Waals surface area contributed by atoms with Crippen molar-refractivity contribution in [3.05, 3.63) is 59.7 Å². The zero-order chi connectivity index (χ0) is 22.2. The lowest BCUT2D eigenvalue weighted by atomic mass is 9.97. The highest BCUT2D eigenvalue weighted by Crippen LogP contribution is 2.69. The highest BCUT2D eigenvalue weighted by Gasteiger charge is 2.61. The zero-order valence-corrected chi connectivity index (χ0v) is 19.2. The van der Waals surface area contributed by atoms with Crippen LogP contribution >= 0.6 is 7.60 Å². The van der Waals surface area contributed by atoms with Crippen molar-refractivity contribution in [3.8, 4) is 11.5 Å². The van der Waals surface area contributed by atoms with Crippen LogP contribution in [0.1, 0.15) is 38.8 Å². The highest BCUT2D eigenvalue weighted by molar-refractivity contribution is 7.85. The van der Waals surface area contributed by atoms with Gasteiger partial charge < -0.3 is 18.0 Å². The first-order chi connectivity index (χ1) is 14.0. The van der Waals surface area contributed by atoms with E-state index in [0.717, 1.165) is 0 Å². The van der Waals surface area contributed by atoms with Crippen LogP contribution in [0.4, 0.5) is 0 Å². The molecule has 1 aliphatic heterocycles. The fourth-order valence-electron chi connectivity index (χ4n) is 3.36. The minimum Gasteiger partial charge on any atom is -0.497 e. The molecule has 0 radical (unpaired) electrons. The van der Waals surface area contributed by atoms with Gasteiger partial charge in [-0.15, -0.1) is 0 Å². The maximum atomic E-state index is 14.5. The van der Waals surface area contributed by atoms with E-state index >= 15 is 0 Å². The number of nitrogens with one attached hydrogen (secondary N) is 1. The number of hydrogen-bond acceptors (Lipinski definition) is 7. The number of benzene rings is 2. The summed E-state index contributed by atoms with van der Waals surface area (Å²) in [6, 6.07) is 13.1. The van der Waals surface area contributed by atoms with Crippen LogP contribution in [-0.4, -0.2) is 27.7 Å². The van der Waals surface area contributed by atoms with E-state index in [1.165, 1.54) is 13.2 Å². The molecule has 10 heteroatoms. The third kappa shape index (κ3) is 4.13. The second-order valence-corrected chi connectivity index (χ2v) is 10.8. The molecule has 1 aliphatic rings. The molecule has 0 spiro atoms. The average Bonchev–Trinajstić information content (AvgIpc) is 2.65. The number of hydrogen-bond donors (Lipinski definition) is 1. The maximum Gasteiger partial charge on any atom is 0.384 e. The van der Waals surface area contributed by atoms with Gasteiger partial charge in [0.1, 0.15) is 11.5 Å². The quantitative estimate of drug-likeness (QED) is 0.626. The van der Waals surface area contributed by atoms with Gasteiger partial charge in [0.2, 0.25) is 0 Å². The van der Waals surface area contributed by atoms with Crippen molar-refractivity contribution in [2.45, 2.75) is 45.2 Å². The predicted octanol–water partition coefficient (Wildman–Crippen LogP) is 4.17. The Labute approximate surface area is 177 Å². The molecular weight excluding hydrogens is 429 g/mol. The van der Waals surface area contributed by atoms with Crippen LogP contribution in [0.3, 0.4) is 0 Å². The van der Waals surface area contributed by atoms with Crippen molar-refractivity contribution in [1.29, 1.82) is 0 Å². The number of rotatable bonds is 7. The van der Waals surface area contributed by atoms with Gasteiger partial charge in [0.25, 0.3) is 0 Å². The largest absolute Gasteiger partial charge is 0.497 e. The van der Waals surface area contributed by atoms with Crippen LogP contribution < -0.4 is 13.6 Å². The number of fused-ring (bicyclic) bond motifs is 1. The van der Waals surface area contributed by atoms with E-state index in [1.807, 2.05) is 0 Å². The van der Waals surface area contributed by atoms with Crippen molar-refractivity contribution < 1.29 is 31.0 Å². The van der Waals surface area contributed by atoms with Gasteiger partial charge in [-0.25, -0.2) is 0 Å². The summed E-state index contributed by atoms with van der Waals surface area (Å²) in [5, 5.41) is -1.89. The Hall–Kier alpha value is -1.90. The minimum absolute atomic E-state index is 0.0124. The summed E-state index contributed by atoms with van der Waals surface area (Å²) in [5.74, 6) is 0.442. The van der Waals surface area contributed by atoms with Gasteiger partial charge in [-0.1, -0.05) is 30.3 Å². The van der Waals surface area contributed by atoms with Gasteiger partial charge in [-0.05, 0) is 51.5 Å². The van der Waals surface area contributed by atoms with E-state index in [9.17, 15) is 13.0 Å². The molecule has 0 saturated heterocycles. The Morgan fingerprint density at radius 1 is 1.00 bits per heavy atom. The molecule has 2 aromatic carbocycles. The molecular formula is C20H26NO7PS. The standard InChI is InChI=1S/C20H26NO7PS/c1-14(2)26-29(22,27-15(3)4)20(16-9-7-6-8-10-16)18-13-17(25-5)11-12-19(18)28-30(23,24)21-20/h6-15,21H,1-5H3/t20-/m0/s1. The molecule has 1 atom stereocenters. The van der Waals surface area contributed by atoms with Gasteiger partial charge >= 0.3 is 17.9 Å². The fourth-order valence-corrected chi connectivity index (χ4v) is 7.57. The van der Waals surface area contributed by atoms with E-state index < -0.39 is 35.4 Å². The third-order valence-corrected chi connectivity index (χ3v) is 8.29. The second-order valence-electron chi connectivity index (χ2n) is 7.38. The number of ether oxygens (including phenoxy) is 1. The Kier molecular flexibility index (Phi) is 6.32. The molecule has 0 unspecified atom stereocenters. The van der Waals surface area contributed by atoms with Crippen LogP contribution in [0.25, 0.3) is 0 Å². The average molecular weight is 455 g/mol. The van der Waals surface area contributed by atoms with Gasteiger partial charge in [0.05, 0.1) is 19.3 Å². The minimum atomic E-state index is -4.35. The Bertz CT molecular complexity index is 1040. The summed E-state index contributed by atoms with van der Waals surface area (Å²) >= 11 is 0. The van der Waals surface area contributed by atoms with Gasteiger partial charge in [0.15, 0.2) is 5.28 Å². The van der Waals surface area contributed by atoms with Crippen LogP contribution in [0.15, 0.2) is 48.5 Å². The first-order valence-electron chi connectivity index (χ1n) is 9.47. The molecule has 8 nitrogen and oxygen atoms in total. The summed E-state index contributed by atoms with van der Waals surface area (Å²) in [6.45, 7) is 6.81. The summed E-state index contributed by atoms with van der Waals surface area (Å²) < 4.78 is 64.8. The van der Waals surface area contributed by atoms with E-state index in [4.69, 9.17) is 18.0 Å². The fraction of sp³-hybridized carbons (Fsp3) is 0.400. The Balaban J connectivity index is 2.46. The summed E-state index contributed by atoms with van der Waals surface area (Å²) in [6.07, 6.45) is -1.03. The van der Waals surface area contributed by atoms with Crippen molar-refractivity contribution in [2.24, 2.45) is 0 Å². The Morgan fingerprint density at radius 3 is 2.13 bits per heavy atom. The highest BCUT2D eigenvalue weighted by atomic mass is 32.2. The molecule has 0 bridgehead atoms. The molecule has 0 saturated carbocycles. The first-order valence-corrected chi connectivity index (χ1v) is 12.4. The molecule has 3 rings (SSSR count). The molecule has 164 valence electrons. The smallest absolute Gasteiger partial charge is 0.384 e. The molecule has 2 aromatic rings. The zero-order valence-electron chi connectivity index (χ0n) is 17.5. The monoisotopic (exact) mass is 455 g/mol. The lowest BCUT2D eigenvalue weighted by Gasteiger charge is -2.43. The molecule has 0 fully saturated rings. The molecule has 0 aliphatic carbocycles. The predicted molar refractivity (Wildman–Crippen MR) is 113 cm³/mol. The third-order valence-electron chi connectivity index (χ3n) is 4.35. The summed E-state index contributed by atoms with van der Waals surface area (Å²) in [7, 11) is -7.10. The second kappa shape index (κ2) is 8.32. The maximum absolute atomic E-state index is 14.5. The van der Waals surface area contributed by atoms with E-state index in [2.05, 4.69) is 4.72 Å². The Morgan fingerprint density at radius 2 is 1.60 bits per heavy atom. The van der Waals surface area contributed by atoms with Crippen LogP contribution in [-0.2, 0) is 29.2 Å². The van der Waals surface area contributed by atoms with E-state index in [-0.39, 0.29) is 11.3 Å². The molecule has 0 aromatic heterocycles. The van der Waals surface area contributed by atoms with Gasteiger partial charge in [0, 0.05) is 5.56 Å². The van der Waals surface area contributed by atoms with Crippen molar-refractivity contribution >= 4 is 17.9 Å². The van der Waals surface area contributed by atoms with Crippen LogP contribution in [0, 0.1) is 0 Å². The van der Waals surface area contributed by atoms with Crippen LogP contribution in [0.5, 0.6) is 11.5 Å². The van der Waals surface area contributed by atoms with Gasteiger partial charge in [-0.3, -0.25) is 4.57 Å². The van der Waals surface area contributed by atoms with Crippen molar-refractivity contribution in [1.82, 2.24) is 4.72 Å². The molecule has 30 heavy (non-hydrogen) atoms. The molecule has 1 N–H and O–H groups in total. The summed E-state index contributed by atoms with van der Waals surface area (Å²) in [4.78, 5) is 0. The van der Waals surface area contributed by atoms with Crippen molar-refractivity contribution in [3.63, 3.8) is 0 Å². The molecule has 1 heterocycles. The lowest BCUT2D eigenvalue weighted by molar-refractivity contribution is 0.126. The first kappa shape index (κ1) is 22.8. The van der Waals surface area contributed by atoms with E-state index in [0.29, 0.717) is 11.3 Å².